The van der Waals surface area contributed by atoms with Gasteiger partial charge in [0.25, 0.3) is 0 Å². The number of aliphatic hydroxyl groups is 2. The number of rotatable bonds is 10. The van der Waals surface area contributed by atoms with Crippen LogP contribution >= 0.6 is 0 Å². The molecule has 0 saturated heterocycles. The van der Waals surface area contributed by atoms with Gasteiger partial charge in [-0.15, -0.1) is 0 Å². The predicted octanol–water partition coefficient (Wildman–Crippen LogP) is 2.53. The van der Waals surface area contributed by atoms with E-state index in [9.17, 15) is 15.0 Å². The highest BCUT2D eigenvalue weighted by Gasteiger charge is 2.43. The number of fused-ring (bicyclic) bond motifs is 2. The smallest absolute Gasteiger partial charge is 0.226 e. The van der Waals surface area contributed by atoms with Crippen LogP contribution in [0.15, 0.2) is 61.3 Å². The van der Waals surface area contributed by atoms with E-state index in [1.807, 2.05) is 18.2 Å². The monoisotopic (exact) mass is 555 g/mol. The van der Waals surface area contributed by atoms with Gasteiger partial charge in [0, 0.05) is 37.8 Å². The molecule has 0 bridgehead atoms. The molecule has 12 nitrogen and oxygen atoms in total. The lowest BCUT2D eigenvalue weighted by Gasteiger charge is -2.19. The molecule has 0 radical (unpaired) electrons. The van der Waals surface area contributed by atoms with Gasteiger partial charge in [0.05, 0.1) is 24.7 Å². The summed E-state index contributed by atoms with van der Waals surface area (Å²) in [6, 6.07) is 13.3. The van der Waals surface area contributed by atoms with Gasteiger partial charge < -0.3 is 35.7 Å². The lowest BCUT2D eigenvalue weighted by Crippen LogP contribution is -2.42. The summed E-state index contributed by atoms with van der Waals surface area (Å²) in [6.07, 6.45) is 4.16. The van der Waals surface area contributed by atoms with Crippen LogP contribution < -0.4 is 16.0 Å². The zero-order chi connectivity index (χ0) is 28.3. The normalized spacial score (nSPS) is 20.5. The molecule has 6 rings (SSSR count). The van der Waals surface area contributed by atoms with Gasteiger partial charge in [0.15, 0.2) is 17.0 Å². The third kappa shape index (κ3) is 5.43. The van der Waals surface area contributed by atoms with Gasteiger partial charge >= 0.3 is 0 Å². The molecule has 1 aliphatic carbocycles. The Morgan fingerprint density at radius 3 is 2.78 bits per heavy atom. The van der Waals surface area contributed by atoms with Crippen molar-refractivity contribution in [3.05, 3.63) is 72.6 Å². The molecule has 212 valence electrons. The number of hydrogen-bond acceptors (Lipinski definition) is 9. The third-order valence-electron chi connectivity index (χ3n) is 7.66. The molecule has 1 aliphatic rings. The van der Waals surface area contributed by atoms with E-state index in [0.29, 0.717) is 55.3 Å². The van der Waals surface area contributed by atoms with Gasteiger partial charge in [0.2, 0.25) is 11.9 Å². The molecule has 3 heterocycles. The maximum absolute atomic E-state index is 12.0. The van der Waals surface area contributed by atoms with Crippen LogP contribution in [-0.4, -0.2) is 70.4 Å². The van der Waals surface area contributed by atoms with Crippen molar-refractivity contribution in [1.29, 1.82) is 0 Å². The van der Waals surface area contributed by atoms with E-state index in [1.54, 1.807) is 30.3 Å². The summed E-state index contributed by atoms with van der Waals surface area (Å²) in [5.41, 5.74) is 3.17. The van der Waals surface area contributed by atoms with E-state index in [2.05, 4.69) is 55.2 Å². The average Bonchev–Trinajstić information content (AvgIpc) is 3.73. The second-order valence-corrected chi connectivity index (χ2v) is 10.3. The number of benzene rings is 2. The summed E-state index contributed by atoms with van der Waals surface area (Å²) >= 11 is 0. The second-order valence-electron chi connectivity index (χ2n) is 10.3. The molecule has 41 heavy (non-hydrogen) atoms. The fraction of sp³-hybridized carbons (Fsp3) is 0.345. The fourth-order valence-electron chi connectivity index (χ4n) is 5.45. The number of imidazole rings is 2. The van der Waals surface area contributed by atoms with Crippen molar-refractivity contribution in [3.63, 3.8) is 0 Å². The van der Waals surface area contributed by atoms with Gasteiger partial charge in [0.1, 0.15) is 12.2 Å². The molecule has 0 spiro atoms. The van der Waals surface area contributed by atoms with Crippen LogP contribution in [-0.2, 0) is 17.8 Å². The first-order valence-corrected chi connectivity index (χ1v) is 13.8. The van der Waals surface area contributed by atoms with Crippen molar-refractivity contribution in [2.45, 2.75) is 57.0 Å². The van der Waals surface area contributed by atoms with Crippen LogP contribution in [0.3, 0.4) is 0 Å². The number of nitrogens with zero attached hydrogens (tertiary/aromatic N) is 5. The van der Waals surface area contributed by atoms with Crippen LogP contribution in [0.1, 0.15) is 37.1 Å². The van der Waals surface area contributed by atoms with Crippen LogP contribution in [0, 0.1) is 0 Å². The minimum Gasteiger partial charge on any atom is -0.388 e. The Kier molecular flexibility index (Phi) is 7.49. The Morgan fingerprint density at radius 2 is 1.95 bits per heavy atom. The van der Waals surface area contributed by atoms with E-state index in [4.69, 9.17) is 9.97 Å². The van der Waals surface area contributed by atoms with Crippen LogP contribution in [0.4, 0.5) is 11.8 Å². The number of anilines is 2. The van der Waals surface area contributed by atoms with Gasteiger partial charge in [-0.25, -0.2) is 9.97 Å². The van der Waals surface area contributed by atoms with E-state index in [0.717, 1.165) is 22.0 Å². The Labute approximate surface area is 236 Å². The highest BCUT2D eigenvalue weighted by molar-refractivity contribution is 5.87. The van der Waals surface area contributed by atoms with E-state index >= 15 is 0 Å². The topological polar surface area (TPSA) is 166 Å². The zero-order valence-electron chi connectivity index (χ0n) is 22.7. The Morgan fingerprint density at radius 1 is 1.10 bits per heavy atom. The van der Waals surface area contributed by atoms with Gasteiger partial charge in [-0.3, -0.25) is 4.79 Å². The molecule has 5 aromatic rings. The molecular weight excluding hydrogens is 522 g/mol. The Hall–Kier alpha value is -4.55. The lowest BCUT2D eigenvalue weighted by molar-refractivity contribution is -0.122. The number of aromatic amines is 1. The van der Waals surface area contributed by atoms with Crippen molar-refractivity contribution in [2.24, 2.45) is 0 Å². The largest absolute Gasteiger partial charge is 0.388 e. The molecule has 0 unspecified atom stereocenters. The molecule has 4 atom stereocenters. The quantitative estimate of drug-likeness (QED) is 0.152. The van der Waals surface area contributed by atoms with Crippen molar-refractivity contribution < 1.29 is 15.0 Å². The summed E-state index contributed by atoms with van der Waals surface area (Å²) in [5.74, 6) is 0.779. The molecule has 2 aromatic carbocycles. The number of H-pyrrole nitrogens is 1. The number of hydrogen-bond donors (Lipinski definition) is 6. The van der Waals surface area contributed by atoms with Gasteiger partial charge in [-0.1, -0.05) is 49.4 Å². The summed E-state index contributed by atoms with van der Waals surface area (Å²) in [6.45, 7) is 2.84. The summed E-state index contributed by atoms with van der Waals surface area (Å²) in [4.78, 5) is 33.3. The van der Waals surface area contributed by atoms with Crippen molar-refractivity contribution in [1.82, 2.24) is 34.8 Å². The van der Waals surface area contributed by atoms with Crippen LogP contribution in [0.5, 0.6) is 0 Å². The van der Waals surface area contributed by atoms with Gasteiger partial charge in [-0.2, -0.15) is 9.97 Å². The Bertz CT molecular complexity index is 1650. The van der Waals surface area contributed by atoms with E-state index in [-0.39, 0.29) is 5.91 Å². The molecule has 1 amide bonds. The van der Waals surface area contributed by atoms with Crippen LogP contribution in [0.2, 0.25) is 0 Å². The maximum atomic E-state index is 12.0. The number of aromatic nitrogens is 6. The number of aliphatic hydroxyl groups excluding tert-OH is 2. The molecule has 12 heteroatoms. The van der Waals surface area contributed by atoms with Crippen LogP contribution in [0.25, 0.3) is 21.9 Å². The number of carbonyl (C=O) groups is 1. The lowest BCUT2D eigenvalue weighted by atomic mass is 10.0. The molecule has 6 N–H and O–H groups in total. The standard InChI is InChI=1S/C29H33N9O3/c1-2-23(39)35-21-12-22(26(41)25(21)40)38-16-34-24-27(32-13-18-8-5-7-17-6-3-4-9-20(17)18)36-29(37-28(24)38)31-11-10-19-14-30-15-33-19/h3-9,14-16,21-22,25-26,40-41H,2,10-13H2,1H3,(H,30,33)(H,35,39)(H2,31,32,36,37)/t21-,22+,25+,26-/m0/s1. The SMILES string of the molecule is CCC(=O)N[C@H]1C[C@@H](n2cnc3c(NCc4cccc5ccccc45)nc(NCCc4cnc[nH]4)nc32)[C@H](O)[C@@H]1O. The highest BCUT2D eigenvalue weighted by Crippen LogP contribution is 2.34. The average molecular weight is 556 g/mol. The van der Waals surface area contributed by atoms with Gasteiger partial charge in [-0.05, 0) is 22.8 Å². The summed E-state index contributed by atoms with van der Waals surface area (Å²) in [5, 5.41) is 33.5. The maximum Gasteiger partial charge on any atom is 0.226 e. The first-order valence-electron chi connectivity index (χ1n) is 13.8. The molecule has 3 aromatic heterocycles. The summed E-state index contributed by atoms with van der Waals surface area (Å²) < 4.78 is 1.77. The van der Waals surface area contributed by atoms with E-state index < -0.39 is 24.3 Å². The number of amides is 1. The molecule has 1 fully saturated rings. The minimum atomic E-state index is -1.11. The second kappa shape index (κ2) is 11.5. The highest BCUT2D eigenvalue weighted by atomic mass is 16.3. The molecule has 1 saturated carbocycles. The zero-order valence-corrected chi connectivity index (χ0v) is 22.7. The van der Waals surface area contributed by atoms with Crippen molar-refractivity contribution in [2.75, 3.05) is 17.2 Å². The predicted molar refractivity (Wildman–Crippen MR) is 155 cm³/mol. The molecular formula is C29H33N9O3. The number of carbonyl (C=O) groups excluding carboxylic acids is 1. The van der Waals surface area contributed by atoms with E-state index in [1.165, 1.54) is 0 Å². The third-order valence-corrected chi connectivity index (χ3v) is 7.66. The first-order chi connectivity index (χ1) is 20.0. The summed E-state index contributed by atoms with van der Waals surface area (Å²) in [7, 11) is 0. The van der Waals surface area contributed by atoms with Crippen molar-refractivity contribution in [3.8, 4) is 0 Å². The number of nitrogens with one attached hydrogen (secondary N) is 4. The van der Waals surface area contributed by atoms with Crippen molar-refractivity contribution >= 4 is 39.6 Å². The minimum absolute atomic E-state index is 0.177. The fourth-order valence-corrected chi connectivity index (χ4v) is 5.45. The first kappa shape index (κ1) is 26.7. The Balaban J connectivity index is 1.31. The molecule has 0 aliphatic heterocycles.